The van der Waals surface area contributed by atoms with Crippen LogP contribution in [0.25, 0.3) is 0 Å². The van der Waals surface area contributed by atoms with Crippen LogP contribution < -0.4 is 5.32 Å². The Labute approximate surface area is 117 Å². The topological polar surface area (TPSA) is 44.7 Å². The predicted molar refractivity (Wildman–Crippen MR) is 78.6 cm³/mol. The van der Waals surface area contributed by atoms with E-state index in [4.69, 9.17) is 11.6 Å². The molecule has 0 fully saturated rings. The summed E-state index contributed by atoms with van der Waals surface area (Å²) in [5.74, 6) is 0. The van der Waals surface area contributed by atoms with Crippen LogP contribution in [0.1, 0.15) is 32.4 Å². The molecule has 0 saturated carbocycles. The second-order valence-corrected chi connectivity index (χ2v) is 4.96. The fraction of sp³-hybridized carbons (Fsp3) is 0.286. The van der Waals surface area contributed by atoms with Crippen LogP contribution in [0.2, 0.25) is 5.02 Å². The smallest absolute Gasteiger partial charge is 0.306 e. The molecule has 4 nitrogen and oxygen atoms in total. The number of hydrogen-bond donors (Lipinski definition) is 1. The van der Waals surface area contributed by atoms with Gasteiger partial charge in [0.05, 0.1) is 0 Å². The number of rotatable bonds is 2. The molecule has 1 aliphatic rings. The van der Waals surface area contributed by atoms with Crippen LogP contribution in [0.4, 0.5) is 10.5 Å². The fourth-order valence-corrected chi connectivity index (χ4v) is 2.19. The molecule has 1 aromatic carbocycles. The van der Waals surface area contributed by atoms with Gasteiger partial charge in [0.25, 0.3) is 0 Å². The van der Waals surface area contributed by atoms with E-state index >= 15 is 0 Å². The summed E-state index contributed by atoms with van der Waals surface area (Å²) >= 11 is 6.04. The first-order valence-corrected chi connectivity index (χ1v) is 6.45. The zero-order chi connectivity index (χ0) is 14.0. The summed E-state index contributed by atoms with van der Waals surface area (Å²) in [4.78, 5) is 12.1. The lowest BCUT2D eigenvalue weighted by Crippen LogP contribution is -2.38. The van der Waals surface area contributed by atoms with Crippen molar-refractivity contribution >= 4 is 29.0 Å². The Bertz CT molecular complexity index is 562. The first-order chi connectivity index (χ1) is 9.02. The van der Waals surface area contributed by atoms with E-state index in [0.29, 0.717) is 5.02 Å². The van der Waals surface area contributed by atoms with Gasteiger partial charge in [-0.15, -0.1) is 0 Å². The van der Waals surface area contributed by atoms with Crippen molar-refractivity contribution in [3.63, 3.8) is 0 Å². The zero-order valence-corrected chi connectivity index (χ0v) is 11.9. The summed E-state index contributed by atoms with van der Waals surface area (Å²) in [6.07, 6.45) is 3.84. The van der Waals surface area contributed by atoms with Gasteiger partial charge >= 0.3 is 6.03 Å². The molecule has 0 bridgehead atoms. The number of nitrogens with zero attached hydrogens (tertiary/aromatic N) is 2. The van der Waals surface area contributed by atoms with Crippen molar-refractivity contribution in [3.05, 3.63) is 40.9 Å². The quantitative estimate of drug-likeness (QED) is 0.639. The molecule has 2 rings (SSSR count). The number of amides is 2. The SMILES string of the molecule is C/C=C/C1c2cc(Cl)ccc2NC(=O)N1N=C(C)C. The highest BCUT2D eigenvalue weighted by Gasteiger charge is 2.30. The number of carbonyl (C=O) groups is 1. The predicted octanol–water partition coefficient (Wildman–Crippen LogP) is 4.20. The van der Waals surface area contributed by atoms with E-state index < -0.39 is 0 Å². The Hall–Kier alpha value is -1.81. The maximum absolute atomic E-state index is 12.1. The first kappa shape index (κ1) is 13.6. The minimum Gasteiger partial charge on any atom is -0.306 e. The monoisotopic (exact) mass is 277 g/mol. The van der Waals surface area contributed by atoms with Gasteiger partial charge in [0.2, 0.25) is 0 Å². The van der Waals surface area contributed by atoms with Crippen LogP contribution in [-0.4, -0.2) is 16.8 Å². The van der Waals surface area contributed by atoms with Crippen molar-refractivity contribution in [2.24, 2.45) is 5.10 Å². The van der Waals surface area contributed by atoms with Crippen molar-refractivity contribution < 1.29 is 4.79 Å². The number of halogens is 1. The maximum atomic E-state index is 12.1. The Morgan fingerprint density at radius 2 is 2.21 bits per heavy atom. The van der Waals surface area contributed by atoms with Gasteiger partial charge in [-0.2, -0.15) is 5.10 Å². The van der Waals surface area contributed by atoms with Crippen LogP contribution >= 0.6 is 11.6 Å². The zero-order valence-electron chi connectivity index (χ0n) is 11.1. The van der Waals surface area contributed by atoms with E-state index in [-0.39, 0.29) is 12.1 Å². The number of benzene rings is 1. The molecule has 1 atom stereocenters. The standard InChI is InChI=1S/C14H16ClN3O/c1-4-5-13-11-8-10(15)6-7-12(11)16-14(19)18(13)17-9(2)3/h4-8,13H,1-3H3,(H,16,19)/b5-4+. The van der Waals surface area contributed by atoms with Gasteiger partial charge in [-0.05, 0) is 39.0 Å². The average Bonchev–Trinajstić information content (AvgIpc) is 2.34. The molecule has 0 saturated heterocycles. The van der Waals surface area contributed by atoms with E-state index in [2.05, 4.69) is 10.4 Å². The summed E-state index contributed by atoms with van der Waals surface area (Å²) in [7, 11) is 0. The highest BCUT2D eigenvalue weighted by Crippen LogP contribution is 2.35. The number of hydrazone groups is 1. The van der Waals surface area contributed by atoms with Crippen LogP contribution in [0.3, 0.4) is 0 Å². The van der Waals surface area contributed by atoms with E-state index in [1.807, 2.05) is 45.1 Å². The summed E-state index contributed by atoms with van der Waals surface area (Å²) in [6, 6.07) is 4.96. The van der Waals surface area contributed by atoms with Crippen molar-refractivity contribution in [1.82, 2.24) is 5.01 Å². The third kappa shape index (κ3) is 2.79. The van der Waals surface area contributed by atoms with E-state index in [0.717, 1.165) is 17.0 Å². The highest BCUT2D eigenvalue weighted by molar-refractivity contribution is 6.30. The third-order valence-electron chi connectivity index (χ3n) is 2.73. The Morgan fingerprint density at radius 3 is 2.84 bits per heavy atom. The fourth-order valence-electron chi connectivity index (χ4n) is 2.01. The molecule has 0 aliphatic carbocycles. The van der Waals surface area contributed by atoms with Gasteiger partial charge < -0.3 is 5.32 Å². The lowest BCUT2D eigenvalue weighted by molar-refractivity contribution is 0.199. The van der Waals surface area contributed by atoms with E-state index in [1.54, 1.807) is 6.07 Å². The molecule has 5 heteroatoms. The second kappa shape index (κ2) is 5.45. The van der Waals surface area contributed by atoms with Gasteiger partial charge in [0.15, 0.2) is 0 Å². The van der Waals surface area contributed by atoms with E-state index in [9.17, 15) is 4.79 Å². The molecule has 100 valence electrons. The van der Waals surface area contributed by atoms with Crippen LogP contribution in [0.5, 0.6) is 0 Å². The summed E-state index contributed by atoms with van der Waals surface area (Å²) in [5.41, 5.74) is 2.53. The number of carbonyl (C=O) groups excluding carboxylic acids is 1. The molecule has 0 radical (unpaired) electrons. The molecular formula is C14H16ClN3O. The molecule has 0 spiro atoms. The summed E-state index contributed by atoms with van der Waals surface area (Å²) < 4.78 is 0. The Balaban J connectivity index is 2.54. The van der Waals surface area contributed by atoms with Gasteiger partial charge in [-0.25, -0.2) is 9.80 Å². The Kier molecular flexibility index (Phi) is 3.90. The van der Waals surface area contributed by atoms with E-state index in [1.165, 1.54) is 5.01 Å². The lowest BCUT2D eigenvalue weighted by Gasteiger charge is -2.32. The number of fused-ring (bicyclic) bond motifs is 1. The summed E-state index contributed by atoms with van der Waals surface area (Å²) in [5, 5.41) is 9.19. The van der Waals surface area contributed by atoms with Gasteiger partial charge in [0.1, 0.15) is 6.04 Å². The number of anilines is 1. The van der Waals surface area contributed by atoms with Crippen LogP contribution in [0.15, 0.2) is 35.5 Å². The van der Waals surface area contributed by atoms with Crippen LogP contribution in [-0.2, 0) is 0 Å². The number of nitrogens with one attached hydrogen (secondary N) is 1. The van der Waals surface area contributed by atoms with Crippen LogP contribution in [0, 0.1) is 0 Å². The highest BCUT2D eigenvalue weighted by atomic mass is 35.5. The minimum atomic E-state index is -0.237. The normalized spacial score (nSPS) is 18.2. The molecule has 19 heavy (non-hydrogen) atoms. The molecule has 1 aromatic rings. The average molecular weight is 278 g/mol. The molecular weight excluding hydrogens is 262 g/mol. The number of urea groups is 1. The molecule has 0 aromatic heterocycles. The minimum absolute atomic E-state index is 0.234. The Morgan fingerprint density at radius 1 is 1.47 bits per heavy atom. The van der Waals surface area contributed by atoms with Crippen molar-refractivity contribution in [2.75, 3.05) is 5.32 Å². The van der Waals surface area contributed by atoms with Gasteiger partial charge in [0, 0.05) is 22.0 Å². The summed E-state index contributed by atoms with van der Waals surface area (Å²) in [6.45, 7) is 5.62. The molecule has 1 heterocycles. The number of allylic oxidation sites excluding steroid dienone is 1. The first-order valence-electron chi connectivity index (χ1n) is 6.07. The third-order valence-corrected chi connectivity index (χ3v) is 2.96. The number of hydrogen-bond acceptors (Lipinski definition) is 2. The van der Waals surface area contributed by atoms with Crippen molar-refractivity contribution in [3.8, 4) is 0 Å². The van der Waals surface area contributed by atoms with Gasteiger partial charge in [-0.1, -0.05) is 23.8 Å². The van der Waals surface area contributed by atoms with Crippen molar-refractivity contribution in [1.29, 1.82) is 0 Å². The van der Waals surface area contributed by atoms with Crippen molar-refractivity contribution in [2.45, 2.75) is 26.8 Å². The lowest BCUT2D eigenvalue weighted by atomic mass is 10.0. The second-order valence-electron chi connectivity index (χ2n) is 4.52. The molecule has 2 amide bonds. The maximum Gasteiger partial charge on any atom is 0.343 e. The molecule has 1 unspecified atom stereocenters. The van der Waals surface area contributed by atoms with Gasteiger partial charge in [-0.3, -0.25) is 0 Å². The molecule has 1 N–H and O–H groups in total. The largest absolute Gasteiger partial charge is 0.343 e. The molecule has 1 aliphatic heterocycles.